The van der Waals surface area contributed by atoms with Crippen molar-refractivity contribution in [2.75, 3.05) is 103 Å². The summed E-state index contributed by atoms with van der Waals surface area (Å²) >= 11 is 0. The number of β-amino-alcohol motifs (C(OH)–C–C–N with tert-alkyl or cyclic N) is 2. The van der Waals surface area contributed by atoms with E-state index in [9.17, 15) is 10.2 Å². The molecule has 6 fully saturated rings. The van der Waals surface area contributed by atoms with Gasteiger partial charge < -0.3 is 39.0 Å². The fraction of sp³-hybridized carbons (Fsp3) is 0.577. The second-order valence-electron chi connectivity index (χ2n) is 21.2. The van der Waals surface area contributed by atoms with E-state index in [0.717, 1.165) is 125 Å². The molecule has 2 aromatic carbocycles. The van der Waals surface area contributed by atoms with Crippen LogP contribution < -0.4 is 19.3 Å². The van der Waals surface area contributed by atoms with E-state index in [0.29, 0.717) is 73.8 Å². The summed E-state index contributed by atoms with van der Waals surface area (Å²) in [5, 5.41) is 31.9. The van der Waals surface area contributed by atoms with Gasteiger partial charge in [0, 0.05) is 74.4 Å². The van der Waals surface area contributed by atoms with Crippen molar-refractivity contribution in [2.45, 2.75) is 101 Å². The number of likely N-dealkylation sites (tertiary alicyclic amines) is 2. The predicted molar refractivity (Wildman–Crippen MR) is 267 cm³/mol. The van der Waals surface area contributed by atoms with Crippen LogP contribution in [0.4, 0.5) is 11.6 Å². The van der Waals surface area contributed by atoms with Crippen molar-refractivity contribution in [3.8, 4) is 23.7 Å². The molecule has 6 aliphatic heterocycles. The number of benzene rings is 2. The third-order valence-corrected chi connectivity index (χ3v) is 15.6. The number of aromatic nitrogens is 8. The molecule has 0 spiro atoms. The van der Waals surface area contributed by atoms with Gasteiger partial charge in [0.05, 0.1) is 62.1 Å². The van der Waals surface area contributed by atoms with E-state index in [-0.39, 0.29) is 0 Å². The Kier molecular flexibility index (Phi) is 12.7. The van der Waals surface area contributed by atoms with Crippen molar-refractivity contribution in [2.24, 2.45) is 0 Å². The third-order valence-electron chi connectivity index (χ3n) is 15.6. The zero-order valence-corrected chi connectivity index (χ0v) is 41.6. The Hall–Kier alpha value is -5.50. The first-order valence-electron chi connectivity index (χ1n) is 25.2. The number of fused-ring (bicyclic) bond motifs is 2. The zero-order chi connectivity index (χ0) is 48.3. The maximum absolute atomic E-state index is 10.2. The van der Waals surface area contributed by atoms with Crippen molar-refractivity contribution in [3.05, 3.63) is 71.0 Å². The lowest BCUT2D eigenvalue weighted by Gasteiger charge is -2.44. The first kappa shape index (κ1) is 46.9. The van der Waals surface area contributed by atoms with Crippen LogP contribution in [0.1, 0.15) is 86.5 Å². The highest BCUT2D eigenvalue weighted by atomic mass is 16.5. The molecule has 6 saturated heterocycles. The molecule has 6 aromatic rings. The van der Waals surface area contributed by atoms with Gasteiger partial charge in [0.25, 0.3) is 0 Å². The van der Waals surface area contributed by atoms with E-state index >= 15 is 0 Å². The normalized spacial score (nSPS) is 23.1. The highest BCUT2D eigenvalue weighted by molar-refractivity contribution is 5.83. The minimum atomic E-state index is -0.691. The minimum absolute atomic E-state index is 0.295. The summed E-state index contributed by atoms with van der Waals surface area (Å²) in [6.07, 6.45) is 10.8. The molecule has 12 rings (SSSR count). The molecule has 70 heavy (non-hydrogen) atoms. The average molecular weight is 957 g/mol. The zero-order valence-electron chi connectivity index (χ0n) is 41.6. The van der Waals surface area contributed by atoms with Gasteiger partial charge in [-0.3, -0.25) is 9.80 Å². The van der Waals surface area contributed by atoms with E-state index in [1.165, 1.54) is 22.3 Å². The smallest absolute Gasteiger partial charge is 0.320 e. The summed E-state index contributed by atoms with van der Waals surface area (Å²) in [7, 11) is 3.14. The van der Waals surface area contributed by atoms with Crippen LogP contribution >= 0.6 is 0 Å². The molecular formula is C52H68N12O6. The topological polar surface area (TPSA) is 178 Å². The maximum atomic E-state index is 10.2. The molecular weight excluding hydrogens is 889 g/mol. The van der Waals surface area contributed by atoms with Crippen LogP contribution in [0.5, 0.6) is 12.0 Å². The van der Waals surface area contributed by atoms with Crippen LogP contribution in [-0.4, -0.2) is 176 Å². The molecule has 10 heterocycles. The van der Waals surface area contributed by atoms with Crippen LogP contribution in [0.25, 0.3) is 33.4 Å². The standard InChI is InChI=1S/2C26H34N6O3/c2*1-17-10-19-13-27-32(24-12-23(28-25(29-24)34-3)31-15-26(2,33)16-31)22(19)11-21(17)18-4-7-30(8-5-18)20-6-9-35-14-20/h2*10-13,18,20,33H,4-9,14-16H2,1-3H3. The molecule has 372 valence electrons. The van der Waals surface area contributed by atoms with Crippen LogP contribution in [0.15, 0.2) is 48.8 Å². The largest absolute Gasteiger partial charge is 0.467 e. The van der Waals surface area contributed by atoms with Gasteiger partial charge in [0.2, 0.25) is 0 Å². The summed E-state index contributed by atoms with van der Waals surface area (Å²) in [6.45, 7) is 18.3. The van der Waals surface area contributed by atoms with Gasteiger partial charge in [-0.25, -0.2) is 9.36 Å². The molecule has 2 unspecified atom stereocenters. The Morgan fingerprint density at radius 1 is 0.543 bits per heavy atom. The van der Waals surface area contributed by atoms with E-state index in [1.54, 1.807) is 14.2 Å². The number of piperidine rings is 2. The second kappa shape index (κ2) is 18.9. The number of hydrogen-bond donors (Lipinski definition) is 2. The van der Waals surface area contributed by atoms with Crippen LogP contribution in [0, 0.1) is 13.8 Å². The van der Waals surface area contributed by atoms with Crippen molar-refractivity contribution >= 4 is 33.4 Å². The summed E-state index contributed by atoms with van der Waals surface area (Å²) in [4.78, 5) is 27.5. The third kappa shape index (κ3) is 9.41. The molecule has 0 radical (unpaired) electrons. The lowest BCUT2D eigenvalue weighted by molar-refractivity contribution is 0.0299. The summed E-state index contributed by atoms with van der Waals surface area (Å²) in [5.74, 6) is 3.88. The van der Waals surface area contributed by atoms with E-state index in [1.807, 2.05) is 57.5 Å². The first-order chi connectivity index (χ1) is 33.8. The lowest BCUT2D eigenvalue weighted by atomic mass is 9.86. The van der Waals surface area contributed by atoms with E-state index < -0.39 is 11.2 Å². The Morgan fingerprint density at radius 3 is 1.27 bits per heavy atom. The number of ether oxygens (including phenoxy) is 4. The Labute approximate surface area is 409 Å². The summed E-state index contributed by atoms with van der Waals surface area (Å²) < 4.78 is 25.8. The van der Waals surface area contributed by atoms with Crippen LogP contribution in [-0.2, 0) is 9.47 Å². The summed E-state index contributed by atoms with van der Waals surface area (Å²) in [5.41, 5.74) is 6.15. The minimum Gasteiger partial charge on any atom is -0.467 e. The molecule has 0 bridgehead atoms. The molecule has 18 heteroatoms. The van der Waals surface area contributed by atoms with Gasteiger partial charge in [-0.05, 0) is 151 Å². The SMILES string of the molecule is COc1nc(N2CC(C)(O)C2)cc(-n2ncc3cc(C)c(C4CCN(C5CCOC5)CC4)cc32)n1.COc1nc(N2CC(C)(O)C2)cc(-n2ncc3cc(C)c(C4CCN(C5CCOC5)CC4)cc32)n1. The number of anilines is 2. The number of nitrogens with zero attached hydrogens (tertiary/aromatic N) is 12. The van der Waals surface area contributed by atoms with Gasteiger partial charge >= 0.3 is 12.0 Å². The monoisotopic (exact) mass is 957 g/mol. The Bertz CT molecular complexity index is 2630. The van der Waals surface area contributed by atoms with Crippen LogP contribution in [0.2, 0.25) is 0 Å². The van der Waals surface area contributed by atoms with Crippen molar-refractivity contribution in [3.63, 3.8) is 0 Å². The highest BCUT2D eigenvalue weighted by Gasteiger charge is 2.39. The van der Waals surface area contributed by atoms with Gasteiger partial charge in [-0.1, -0.05) is 0 Å². The number of aryl methyl sites for hydroxylation is 2. The molecule has 0 aliphatic carbocycles. The number of hydrogen-bond acceptors (Lipinski definition) is 16. The van der Waals surface area contributed by atoms with E-state index in [2.05, 4.69) is 78.0 Å². The summed E-state index contributed by atoms with van der Waals surface area (Å²) in [6, 6.07) is 14.7. The molecule has 18 nitrogen and oxygen atoms in total. The van der Waals surface area contributed by atoms with Gasteiger partial charge in [-0.2, -0.15) is 30.1 Å². The van der Waals surface area contributed by atoms with Crippen LogP contribution in [0.3, 0.4) is 0 Å². The van der Waals surface area contributed by atoms with Crippen molar-refractivity contribution in [1.82, 2.24) is 49.3 Å². The quantitative estimate of drug-likeness (QED) is 0.180. The number of aliphatic hydroxyl groups is 2. The van der Waals surface area contributed by atoms with Gasteiger partial charge in [0.15, 0.2) is 11.6 Å². The fourth-order valence-electron chi connectivity index (χ4n) is 11.8. The maximum Gasteiger partial charge on any atom is 0.320 e. The molecule has 6 aliphatic rings. The molecule has 0 amide bonds. The fourth-order valence-corrected chi connectivity index (χ4v) is 11.8. The molecule has 2 atom stereocenters. The molecule has 2 N–H and O–H groups in total. The van der Waals surface area contributed by atoms with Gasteiger partial charge in [-0.15, -0.1) is 0 Å². The van der Waals surface area contributed by atoms with E-state index in [4.69, 9.17) is 18.9 Å². The molecule has 0 saturated carbocycles. The number of methoxy groups -OCH3 is 2. The molecule has 4 aromatic heterocycles. The van der Waals surface area contributed by atoms with Crippen molar-refractivity contribution < 1.29 is 29.2 Å². The lowest BCUT2D eigenvalue weighted by Crippen LogP contribution is -2.60. The van der Waals surface area contributed by atoms with Crippen molar-refractivity contribution in [1.29, 1.82) is 0 Å². The highest BCUT2D eigenvalue weighted by Crippen LogP contribution is 2.38. The Morgan fingerprint density at radius 2 is 0.929 bits per heavy atom. The van der Waals surface area contributed by atoms with Gasteiger partial charge in [0.1, 0.15) is 11.6 Å². The number of rotatable bonds is 10. The Balaban J connectivity index is 0.000000152. The second-order valence-corrected chi connectivity index (χ2v) is 21.2. The first-order valence-corrected chi connectivity index (χ1v) is 25.2. The predicted octanol–water partition coefficient (Wildman–Crippen LogP) is 5.34. The average Bonchev–Trinajstić information content (AvgIpc) is 4.21.